The van der Waals surface area contributed by atoms with Crippen LogP contribution < -0.4 is 5.32 Å². The average molecular weight is 330 g/mol. The molecule has 1 atom stereocenters. The normalized spacial score (nSPS) is 17.2. The SMILES string of the molecule is Cc1ccsc1-c1cccc(NC(=O)N(C)C[C@H]2CCOC2)c1. The van der Waals surface area contributed by atoms with Gasteiger partial charge in [-0.15, -0.1) is 11.3 Å². The minimum absolute atomic E-state index is 0.0723. The number of urea groups is 1. The molecule has 1 aliphatic rings. The minimum atomic E-state index is -0.0723. The van der Waals surface area contributed by atoms with Gasteiger partial charge in [0.25, 0.3) is 0 Å². The van der Waals surface area contributed by atoms with Gasteiger partial charge in [0, 0.05) is 36.7 Å². The lowest BCUT2D eigenvalue weighted by Crippen LogP contribution is -2.35. The van der Waals surface area contributed by atoms with Gasteiger partial charge in [-0.3, -0.25) is 0 Å². The fourth-order valence-electron chi connectivity index (χ4n) is 2.82. The Hall–Kier alpha value is -1.85. The van der Waals surface area contributed by atoms with E-state index in [2.05, 4.69) is 29.8 Å². The zero-order valence-corrected chi connectivity index (χ0v) is 14.4. The molecule has 1 N–H and O–H groups in total. The van der Waals surface area contributed by atoms with Gasteiger partial charge >= 0.3 is 6.03 Å². The molecule has 4 nitrogen and oxygen atoms in total. The third kappa shape index (κ3) is 3.92. The Bertz CT molecular complexity index is 677. The molecule has 2 aromatic rings. The Morgan fingerprint density at radius 2 is 2.30 bits per heavy atom. The molecule has 0 spiro atoms. The van der Waals surface area contributed by atoms with E-state index in [0.717, 1.165) is 37.4 Å². The van der Waals surface area contributed by atoms with Gasteiger partial charge in [-0.25, -0.2) is 4.79 Å². The zero-order valence-electron chi connectivity index (χ0n) is 13.5. The van der Waals surface area contributed by atoms with Gasteiger partial charge in [0.2, 0.25) is 0 Å². The summed E-state index contributed by atoms with van der Waals surface area (Å²) < 4.78 is 5.37. The lowest BCUT2D eigenvalue weighted by molar-refractivity contribution is 0.175. The van der Waals surface area contributed by atoms with Gasteiger partial charge in [0.1, 0.15) is 0 Å². The van der Waals surface area contributed by atoms with Crippen LogP contribution in [0.1, 0.15) is 12.0 Å². The summed E-state index contributed by atoms with van der Waals surface area (Å²) in [5.74, 6) is 0.450. The predicted octanol–water partition coefficient (Wildman–Crippen LogP) is 4.22. The minimum Gasteiger partial charge on any atom is -0.381 e. The van der Waals surface area contributed by atoms with Crippen LogP contribution in [0.5, 0.6) is 0 Å². The van der Waals surface area contributed by atoms with Crippen LogP contribution in [0.15, 0.2) is 35.7 Å². The van der Waals surface area contributed by atoms with Gasteiger partial charge in [-0.1, -0.05) is 12.1 Å². The first-order chi connectivity index (χ1) is 11.1. The number of carbonyl (C=O) groups excluding carboxylic acids is 1. The van der Waals surface area contributed by atoms with Gasteiger partial charge in [0.05, 0.1) is 6.61 Å². The summed E-state index contributed by atoms with van der Waals surface area (Å²) >= 11 is 1.72. The van der Waals surface area contributed by atoms with Crippen molar-refractivity contribution < 1.29 is 9.53 Å². The first-order valence-electron chi connectivity index (χ1n) is 7.88. The highest BCUT2D eigenvalue weighted by molar-refractivity contribution is 7.13. The van der Waals surface area contributed by atoms with Crippen LogP contribution in [0, 0.1) is 12.8 Å². The number of rotatable bonds is 4. The molecule has 0 aliphatic carbocycles. The number of benzene rings is 1. The van der Waals surface area contributed by atoms with Gasteiger partial charge < -0.3 is 15.0 Å². The van der Waals surface area contributed by atoms with E-state index >= 15 is 0 Å². The Morgan fingerprint density at radius 3 is 3.00 bits per heavy atom. The molecule has 2 amide bonds. The summed E-state index contributed by atoms with van der Waals surface area (Å²) in [6.45, 7) is 4.40. The summed E-state index contributed by atoms with van der Waals surface area (Å²) in [5, 5.41) is 5.08. The number of carbonyl (C=O) groups is 1. The highest BCUT2D eigenvalue weighted by Crippen LogP contribution is 2.30. The summed E-state index contributed by atoms with van der Waals surface area (Å²) in [6, 6.07) is 10.1. The number of amides is 2. The molecular weight excluding hydrogens is 308 g/mol. The van der Waals surface area contributed by atoms with Crippen molar-refractivity contribution >= 4 is 23.1 Å². The summed E-state index contributed by atoms with van der Waals surface area (Å²) in [6.07, 6.45) is 1.03. The molecule has 3 rings (SSSR count). The Morgan fingerprint density at radius 1 is 1.43 bits per heavy atom. The molecule has 1 saturated heterocycles. The van der Waals surface area contributed by atoms with Crippen LogP contribution in [-0.2, 0) is 4.74 Å². The molecule has 5 heteroatoms. The van der Waals surface area contributed by atoms with Crippen LogP contribution in [0.25, 0.3) is 10.4 Å². The number of hydrogen-bond acceptors (Lipinski definition) is 3. The second kappa shape index (κ2) is 7.15. The van der Waals surface area contributed by atoms with Crippen LogP contribution >= 0.6 is 11.3 Å². The first kappa shape index (κ1) is 16.0. The van der Waals surface area contributed by atoms with Crippen molar-refractivity contribution in [2.45, 2.75) is 13.3 Å². The van der Waals surface area contributed by atoms with Crippen LogP contribution in [0.4, 0.5) is 10.5 Å². The molecule has 0 unspecified atom stereocenters. The number of thiophene rings is 1. The van der Waals surface area contributed by atoms with Crippen molar-refractivity contribution in [3.8, 4) is 10.4 Å². The van der Waals surface area contributed by atoms with Crippen molar-refractivity contribution in [3.05, 3.63) is 41.3 Å². The predicted molar refractivity (Wildman–Crippen MR) is 95.1 cm³/mol. The molecule has 0 bridgehead atoms. The highest BCUT2D eigenvalue weighted by Gasteiger charge is 2.20. The van der Waals surface area contributed by atoms with E-state index in [-0.39, 0.29) is 6.03 Å². The topological polar surface area (TPSA) is 41.6 Å². The molecule has 23 heavy (non-hydrogen) atoms. The Balaban J connectivity index is 1.65. The van der Waals surface area contributed by atoms with Gasteiger partial charge in [0.15, 0.2) is 0 Å². The number of ether oxygens (including phenoxy) is 1. The van der Waals surface area contributed by atoms with E-state index in [4.69, 9.17) is 4.74 Å². The molecule has 0 radical (unpaired) electrons. The molecular formula is C18H22N2O2S. The quantitative estimate of drug-likeness (QED) is 0.912. The van der Waals surface area contributed by atoms with Crippen LogP contribution in [0.2, 0.25) is 0 Å². The molecule has 0 saturated carbocycles. The summed E-state index contributed by atoms with van der Waals surface area (Å²) in [7, 11) is 1.83. The molecule has 122 valence electrons. The number of aryl methyl sites for hydroxylation is 1. The third-order valence-corrected chi connectivity index (χ3v) is 5.21. The van der Waals surface area contributed by atoms with Crippen molar-refractivity contribution in [3.63, 3.8) is 0 Å². The van der Waals surface area contributed by atoms with E-state index in [0.29, 0.717) is 5.92 Å². The Kier molecular flexibility index (Phi) is 4.98. The van der Waals surface area contributed by atoms with E-state index in [1.54, 1.807) is 16.2 Å². The second-order valence-electron chi connectivity index (χ2n) is 6.05. The molecule has 1 aromatic carbocycles. The van der Waals surface area contributed by atoms with Crippen LogP contribution in [-0.4, -0.2) is 37.7 Å². The second-order valence-corrected chi connectivity index (χ2v) is 6.97. The number of nitrogens with zero attached hydrogens (tertiary/aromatic N) is 1. The molecule has 1 fully saturated rings. The lowest BCUT2D eigenvalue weighted by Gasteiger charge is -2.21. The van der Waals surface area contributed by atoms with E-state index < -0.39 is 0 Å². The van der Waals surface area contributed by atoms with Crippen LogP contribution in [0.3, 0.4) is 0 Å². The maximum absolute atomic E-state index is 12.3. The maximum atomic E-state index is 12.3. The zero-order chi connectivity index (χ0) is 16.2. The van der Waals surface area contributed by atoms with Gasteiger partial charge in [-0.2, -0.15) is 0 Å². The number of anilines is 1. The van der Waals surface area contributed by atoms with E-state index in [1.165, 1.54) is 10.4 Å². The maximum Gasteiger partial charge on any atom is 0.321 e. The molecule has 2 heterocycles. The van der Waals surface area contributed by atoms with Crippen molar-refractivity contribution in [1.82, 2.24) is 4.90 Å². The van der Waals surface area contributed by atoms with Crippen molar-refractivity contribution in [2.75, 3.05) is 32.1 Å². The standard InChI is InChI=1S/C18H22N2O2S/c1-13-7-9-23-17(13)15-4-3-5-16(10-15)19-18(21)20(2)11-14-6-8-22-12-14/h3-5,7,9-10,14H,6,8,11-12H2,1-2H3,(H,19,21)/t14-/m1/s1. The number of nitrogens with one attached hydrogen (secondary N) is 1. The van der Waals surface area contributed by atoms with Crippen molar-refractivity contribution in [1.29, 1.82) is 0 Å². The monoisotopic (exact) mass is 330 g/mol. The van der Waals surface area contributed by atoms with E-state index in [9.17, 15) is 4.79 Å². The molecule has 1 aliphatic heterocycles. The summed E-state index contributed by atoms with van der Waals surface area (Å²) in [4.78, 5) is 15.3. The van der Waals surface area contributed by atoms with Gasteiger partial charge in [-0.05, 0) is 48.1 Å². The fourth-order valence-corrected chi connectivity index (χ4v) is 3.75. The van der Waals surface area contributed by atoms with E-state index in [1.807, 2.05) is 25.2 Å². The largest absolute Gasteiger partial charge is 0.381 e. The first-order valence-corrected chi connectivity index (χ1v) is 8.76. The third-order valence-electron chi connectivity index (χ3n) is 4.14. The lowest BCUT2D eigenvalue weighted by atomic mass is 10.1. The molecule has 1 aromatic heterocycles. The highest BCUT2D eigenvalue weighted by atomic mass is 32.1. The Labute approximate surface area is 141 Å². The average Bonchev–Trinajstić information content (AvgIpc) is 3.19. The summed E-state index contributed by atoms with van der Waals surface area (Å²) in [5.41, 5.74) is 3.23. The van der Waals surface area contributed by atoms with Crippen molar-refractivity contribution in [2.24, 2.45) is 5.92 Å². The number of hydrogen-bond donors (Lipinski definition) is 1. The smallest absolute Gasteiger partial charge is 0.321 e. The fraction of sp³-hybridized carbons (Fsp3) is 0.389.